The van der Waals surface area contributed by atoms with E-state index in [1.807, 2.05) is 0 Å². The van der Waals surface area contributed by atoms with Crippen molar-refractivity contribution in [3.05, 3.63) is 35.4 Å². The van der Waals surface area contributed by atoms with Crippen LogP contribution < -0.4 is 5.73 Å². The number of fused-ring (bicyclic) bond motifs is 1. The first-order valence-electron chi connectivity index (χ1n) is 7.51. The number of piperazine rings is 1. The molecule has 3 nitrogen and oxygen atoms in total. The van der Waals surface area contributed by atoms with Gasteiger partial charge in [-0.1, -0.05) is 29.8 Å². The summed E-state index contributed by atoms with van der Waals surface area (Å²) in [5.41, 5.74) is 8.95. The van der Waals surface area contributed by atoms with E-state index < -0.39 is 0 Å². The normalized spacial score (nSPS) is 26.3. The van der Waals surface area contributed by atoms with E-state index in [0.29, 0.717) is 0 Å². The number of benzene rings is 1. The van der Waals surface area contributed by atoms with E-state index in [1.54, 1.807) is 0 Å². The van der Waals surface area contributed by atoms with Crippen molar-refractivity contribution in [1.82, 2.24) is 9.80 Å². The quantitative estimate of drug-likeness (QED) is 0.898. The second kappa shape index (κ2) is 5.61. The minimum absolute atomic E-state index is 0.146. The zero-order chi connectivity index (χ0) is 13.2. The molecule has 2 fully saturated rings. The summed E-state index contributed by atoms with van der Waals surface area (Å²) in [6.07, 6.45) is 2.75. The lowest BCUT2D eigenvalue weighted by Crippen LogP contribution is -2.51. The molecule has 104 valence electrons. The van der Waals surface area contributed by atoms with Crippen molar-refractivity contribution in [1.29, 1.82) is 0 Å². The van der Waals surface area contributed by atoms with Gasteiger partial charge in [0.15, 0.2) is 0 Å². The van der Waals surface area contributed by atoms with Crippen molar-refractivity contribution >= 4 is 0 Å². The Kier molecular flexibility index (Phi) is 3.87. The minimum atomic E-state index is 0.146. The molecule has 2 aliphatic heterocycles. The van der Waals surface area contributed by atoms with Crippen LogP contribution >= 0.6 is 0 Å². The van der Waals surface area contributed by atoms with Crippen LogP contribution in [0.3, 0.4) is 0 Å². The SMILES string of the molecule is Cc1cccc(C(N)CN2CCN3CCCC3C2)c1. The predicted octanol–water partition coefficient (Wildman–Crippen LogP) is 1.77. The van der Waals surface area contributed by atoms with Crippen molar-refractivity contribution in [2.24, 2.45) is 5.73 Å². The summed E-state index contributed by atoms with van der Waals surface area (Å²) in [5, 5.41) is 0. The molecule has 1 aromatic carbocycles. The molecule has 2 unspecified atom stereocenters. The Hall–Kier alpha value is -0.900. The van der Waals surface area contributed by atoms with Crippen LogP contribution in [0.5, 0.6) is 0 Å². The molecule has 0 radical (unpaired) electrons. The molecule has 3 heteroatoms. The third kappa shape index (κ3) is 2.99. The van der Waals surface area contributed by atoms with Gasteiger partial charge in [-0.05, 0) is 31.9 Å². The second-order valence-electron chi connectivity index (χ2n) is 6.11. The molecule has 2 atom stereocenters. The molecular weight excluding hydrogens is 234 g/mol. The fourth-order valence-electron chi connectivity index (χ4n) is 3.51. The van der Waals surface area contributed by atoms with E-state index in [-0.39, 0.29) is 6.04 Å². The number of aryl methyl sites for hydroxylation is 1. The van der Waals surface area contributed by atoms with Gasteiger partial charge in [-0.15, -0.1) is 0 Å². The molecule has 0 bridgehead atoms. The van der Waals surface area contributed by atoms with Crippen LogP contribution in [-0.2, 0) is 0 Å². The third-order valence-corrected chi connectivity index (χ3v) is 4.60. The van der Waals surface area contributed by atoms with E-state index >= 15 is 0 Å². The summed E-state index contributed by atoms with van der Waals surface area (Å²) in [7, 11) is 0. The number of rotatable bonds is 3. The van der Waals surface area contributed by atoms with Gasteiger partial charge >= 0.3 is 0 Å². The summed E-state index contributed by atoms with van der Waals surface area (Å²) in [4.78, 5) is 5.20. The van der Waals surface area contributed by atoms with E-state index in [2.05, 4.69) is 41.0 Å². The first kappa shape index (κ1) is 13.1. The van der Waals surface area contributed by atoms with Crippen molar-refractivity contribution in [3.8, 4) is 0 Å². The van der Waals surface area contributed by atoms with Crippen LogP contribution in [0.1, 0.15) is 30.0 Å². The summed E-state index contributed by atoms with van der Waals surface area (Å²) in [6.45, 7) is 8.05. The molecule has 2 aliphatic rings. The smallest absolute Gasteiger partial charge is 0.0424 e. The maximum atomic E-state index is 6.38. The van der Waals surface area contributed by atoms with Gasteiger partial charge in [-0.3, -0.25) is 9.80 Å². The Labute approximate surface area is 116 Å². The summed E-state index contributed by atoms with van der Waals surface area (Å²) < 4.78 is 0. The van der Waals surface area contributed by atoms with Crippen molar-refractivity contribution in [3.63, 3.8) is 0 Å². The first-order valence-corrected chi connectivity index (χ1v) is 7.51. The molecule has 3 rings (SSSR count). The largest absolute Gasteiger partial charge is 0.323 e. The Morgan fingerprint density at radius 1 is 1.32 bits per heavy atom. The molecule has 0 amide bonds. The van der Waals surface area contributed by atoms with Crippen molar-refractivity contribution in [2.75, 3.05) is 32.7 Å². The molecule has 2 N–H and O–H groups in total. The van der Waals surface area contributed by atoms with E-state index in [0.717, 1.165) is 12.6 Å². The maximum absolute atomic E-state index is 6.38. The number of nitrogens with two attached hydrogens (primary N) is 1. The van der Waals surface area contributed by atoms with Crippen LogP contribution in [0.25, 0.3) is 0 Å². The number of hydrogen-bond acceptors (Lipinski definition) is 3. The summed E-state index contributed by atoms with van der Waals surface area (Å²) >= 11 is 0. The van der Waals surface area contributed by atoms with E-state index in [9.17, 15) is 0 Å². The number of nitrogens with zero attached hydrogens (tertiary/aromatic N) is 2. The molecule has 19 heavy (non-hydrogen) atoms. The molecule has 0 saturated carbocycles. The zero-order valence-corrected chi connectivity index (χ0v) is 11.9. The fourth-order valence-corrected chi connectivity index (χ4v) is 3.51. The molecule has 0 aromatic heterocycles. The fraction of sp³-hybridized carbons (Fsp3) is 0.625. The van der Waals surface area contributed by atoms with Gasteiger partial charge in [0.1, 0.15) is 0 Å². The van der Waals surface area contributed by atoms with Crippen LogP contribution in [-0.4, -0.2) is 48.6 Å². The average molecular weight is 259 g/mol. The summed E-state index contributed by atoms with van der Waals surface area (Å²) in [5.74, 6) is 0. The molecule has 2 heterocycles. The average Bonchev–Trinajstić information content (AvgIpc) is 2.86. The topological polar surface area (TPSA) is 32.5 Å². The lowest BCUT2D eigenvalue weighted by molar-refractivity contribution is 0.0998. The Morgan fingerprint density at radius 2 is 2.21 bits per heavy atom. The standard InChI is InChI=1S/C16H25N3/c1-13-4-2-5-14(10-13)16(17)12-18-8-9-19-7-3-6-15(19)11-18/h2,4-5,10,15-16H,3,6-9,11-12,17H2,1H3. The molecule has 0 spiro atoms. The monoisotopic (exact) mass is 259 g/mol. The van der Waals surface area contributed by atoms with Crippen LogP contribution in [0.2, 0.25) is 0 Å². The molecule has 2 saturated heterocycles. The first-order chi connectivity index (χ1) is 9.22. The van der Waals surface area contributed by atoms with Gasteiger partial charge in [0.2, 0.25) is 0 Å². The van der Waals surface area contributed by atoms with Gasteiger partial charge in [-0.25, -0.2) is 0 Å². The highest BCUT2D eigenvalue weighted by atomic mass is 15.3. The number of hydrogen-bond donors (Lipinski definition) is 1. The second-order valence-corrected chi connectivity index (χ2v) is 6.11. The molecular formula is C16H25N3. The highest BCUT2D eigenvalue weighted by molar-refractivity contribution is 5.25. The van der Waals surface area contributed by atoms with Gasteiger partial charge < -0.3 is 5.73 Å². The maximum Gasteiger partial charge on any atom is 0.0424 e. The molecule has 0 aliphatic carbocycles. The van der Waals surface area contributed by atoms with Crippen LogP contribution in [0.15, 0.2) is 24.3 Å². The zero-order valence-electron chi connectivity index (χ0n) is 11.9. The highest BCUT2D eigenvalue weighted by Crippen LogP contribution is 2.23. The highest BCUT2D eigenvalue weighted by Gasteiger charge is 2.30. The minimum Gasteiger partial charge on any atom is -0.323 e. The summed E-state index contributed by atoms with van der Waals surface area (Å²) in [6, 6.07) is 9.55. The lowest BCUT2D eigenvalue weighted by Gasteiger charge is -2.38. The van der Waals surface area contributed by atoms with Crippen molar-refractivity contribution in [2.45, 2.75) is 31.8 Å². The third-order valence-electron chi connectivity index (χ3n) is 4.60. The Morgan fingerprint density at radius 3 is 3.05 bits per heavy atom. The van der Waals surface area contributed by atoms with Gasteiger partial charge in [0.05, 0.1) is 0 Å². The van der Waals surface area contributed by atoms with Gasteiger partial charge in [0.25, 0.3) is 0 Å². The van der Waals surface area contributed by atoms with Crippen LogP contribution in [0, 0.1) is 6.92 Å². The van der Waals surface area contributed by atoms with E-state index in [4.69, 9.17) is 5.73 Å². The Bertz CT molecular complexity index is 432. The van der Waals surface area contributed by atoms with Crippen LogP contribution in [0.4, 0.5) is 0 Å². The van der Waals surface area contributed by atoms with Gasteiger partial charge in [-0.2, -0.15) is 0 Å². The molecule has 1 aromatic rings. The lowest BCUT2D eigenvalue weighted by atomic mass is 10.0. The van der Waals surface area contributed by atoms with Gasteiger partial charge in [0, 0.05) is 38.3 Å². The Balaban J connectivity index is 1.59. The van der Waals surface area contributed by atoms with Crippen molar-refractivity contribution < 1.29 is 0 Å². The van der Waals surface area contributed by atoms with E-state index in [1.165, 1.54) is 50.1 Å². The predicted molar refractivity (Wildman–Crippen MR) is 79.1 cm³/mol.